The second-order valence-electron chi connectivity index (χ2n) is 10.3. The summed E-state index contributed by atoms with van der Waals surface area (Å²) in [5.74, 6) is 2.50. The van der Waals surface area contributed by atoms with Crippen molar-refractivity contribution in [2.24, 2.45) is 17.8 Å². The van der Waals surface area contributed by atoms with Crippen LogP contribution >= 0.6 is 11.6 Å². The van der Waals surface area contributed by atoms with Gasteiger partial charge in [0.05, 0.1) is 6.54 Å². The fourth-order valence-corrected chi connectivity index (χ4v) is 7.08. The lowest BCUT2D eigenvalue weighted by Crippen LogP contribution is -2.61. The average molecular weight is 440 g/mol. The maximum absolute atomic E-state index is 13.4. The topological polar surface area (TPSA) is 37.3 Å². The van der Waals surface area contributed by atoms with E-state index >= 15 is 0 Å². The van der Waals surface area contributed by atoms with Gasteiger partial charge >= 0.3 is 6.03 Å². The molecule has 0 unspecified atom stereocenters. The van der Waals surface area contributed by atoms with Gasteiger partial charge in [-0.15, -0.1) is 0 Å². The molecule has 1 aromatic carbocycles. The SMILES string of the molecule is CCCN(Cc1cccn1Cc1cccc(Cl)c1)C(=O)NC12CC3CC(CC(C3)C1)C2. The van der Waals surface area contributed by atoms with Gasteiger partial charge in [-0.25, -0.2) is 4.79 Å². The number of nitrogens with zero attached hydrogens (tertiary/aromatic N) is 2. The lowest BCUT2D eigenvalue weighted by molar-refractivity contribution is -0.0158. The molecule has 4 nitrogen and oxygen atoms in total. The van der Waals surface area contributed by atoms with Gasteiger partial charge in [-0.1, -0.05) is 30.7 Å². The molecule has 4 fully saturated rings. The molecule has 1 heterocycles. The number of rotatable bonds is 7. The van der Waals surface area contributed by atoms with Crippen LogP contribution in [0.2, 0.25) is 5.02 Å². The van der Waals surface area contributed by atoms with Crippen molar-refractivity contribution in [2.45, 2.75) is 70.5 Å². The van der Waals surface area contributed by atoms with Crippen LogP contribution in [0.1, 0.15) is 63.1 Å². The van der Waals surface area contributed by atoms with Gasteiger partial charge in [-0.3, -0.25) is 0 Å². The lowest BCUT2D eigenvalue weighted by Gasteiger charge is -2.57. The van der Waals surface area contributed by atoms with E-state index in [0.717, 1.165) is 48.0 Å². The average Bonchev–Trinajstić information content (AvgIpc) is 3.13. The number of nitrogens with one attached hydrogen (secondary N) is 1. The number of aromatic nitrogens is 1. The molecule has 0 aliphatic heterocycles. The monoisotopic (exact) mass is 439 g/mol. The third-order valence-electron chi connectivity index (χ3n) is 7.71. The molecule has 1 aromatic heterocycles. The zero-order valence-electron chi connectivity index (χ0n) is 18.5. The van der Waals surface area contributed by atoms with Crippen LogP contribution < -0.4 is 5.32 Å². The van der Waals surface area contributed by atoms with E-state index in [0.29, 0.717) is 6.54 Å². The Morgan fingerprint density at radius 3 is 2.48 bits per heavy atom. The molecule has 0 saturated heterocycles. The maximum Gasteiger partial charge on any atom is 0.318 e. The first-order valence-electron chi connectivity index (χ1n) is 12.0. The van der Waals surface area contributed by atoms with Gasteiger partial charge in [0, 0.05) is 35.5 Å². The van der Waals surface area contributed by atoms with Gasteiger partial charge in [-0.05, 0) is 92.5 Å². The number of hydrogen-bond acceptors (Lipinski definition) is 1. The summed E-state index contributed by atoms with van der Waals surface area (Å²) in [6, 6.07) is 12.3. The minimum absolute atomic E-state index is 0.0562. The molecule has 1 N–H and O–H groups in total. The minimum atomic E-state index is 0.0562. The number of benzene rings is 1. The number of urea groups is 1. The molecule has 5 heteroatoms. The molecule has 4 bridgehead atoms. The summed E-state index contributed by atoms with van der Waals surface area (Å²) < 4.78 is 2.23. The van der Waals surface area contributed by atoms with Crippen LogP contribution in [-0.2, 0) is 13.1 Å². The predicted molar refractivity (Wildman–Crippen MR) is 125 cm³/mol. The first-order valence-corrected chi connectivity index (χ1v) is 12.4. The molecule has 6 rings (SSSR count). The van der Waals surface area contributed by atoms with Crippen molar-refractivity contribution in [3.63, 3.8) is 0 Å². The molecule has 4 aliphatic carbocycles. The fraction of sp³-hybridized carbons (Fsp3) is 0.577. The third kappa shape index (κ3) is 4.50. The standard InChI is InChI=1S/C26H34ClN3O/c1-2-8-30(18-24-7-4-9-29(24)17-19-5-3-6-23(27)13-19)25(31)28-26-14-20-10-21(15-26)12-22(11-20)16-26/h3-7,9,13,20-22H,2,8,10-12,14-18H2,1H3,(H,28,31). The zero-order chi connectivity index (χ0) is 21.4. The summed E-state index contributed by atoms with van der Waals surface area (Å²) in [5.41, 5.74) is 2.39. The summed E-state index contributed by atoms with van der Waals surface area (Å²) in [5, 5.41) is 4.32. The third-order valence-corrected chi connectivity index (χ3v) is 7.94. The highest BCUT2D eigenvalue weighted by atomic mass is 35.5. The highest BCUT2D eigenvalue weighted by molar-refractivity contribution is 6.30. The summed E-state index contributed by atoms with van der Waals surface area (Å²) in [7, 11) is 0. The normalized spacial score (nSPS) is 28.6. The molecular formula is C26H34ClN3O. The summed E-state index contributed by atoms with van der Waals surface area (Å²) >= 11 is 6.17. The van der Waals surface area contributed by atoms with Crippen molar-refractivity contribution >= 4 is 17.6 Å². The first kappa shape index (κ1) is 20.9. The van der Waals surface area contributed by atoms with Crippen LogP contribution in [0.25, 0.3) is 0 Å². The van der Waals surface area contributed by atoms with Crippen LogP contribution in [0.3, 0.4) is 0 Å². The highest BCUT2D eigenvalue weighted by Gasteiger charge is 2.51. The summed E-state index contributed by atoms with van der Waals surface area (Å²) in [6.45, 7) is 4.33. The van der Waals surface area contributed by atoms with Gasteiger partial charge in [0.2, 0.25) is 0 Å². The Hall–Kier alpha value is -1.94. The van der Waals surface area contributed by atoms with Crippen LogP contribution in [0.4, 0.5) is 4.79 Å². The highest BCUT2D eigenvalue weighted by Crippen LogP contribution is 2.55. The van der Waals surface area contributed by atoms with Crippen molar-refractivity contribution in [3.05, 3.63) is 58.9 Å². The van der Waals surface area contributed by atoms with E-state index in [9.17, 15) is 4.79 Å². The van der Waals surface area contributed by atoms with Crippen LogP contribution in [0.15, 0.2) is 42.6 Å². The second kappa shape index (κ2) is 8.54. The van der Waals surface area contributed by atoms with Crippen molar-refractivity contribution in [1.29, 1.82) is 0 Å². The van der Waals surface area contributed by atoms with Gasteiger partial charge in [0.25, 0.3) is 0 Å². The number of amides is 2. The summed E-state index contributed by atoms with van der Waals surface area (Å²) in [6.07, 6.45) is 10.8. The molecule has 0 atom stereocenters. The first-order chi connectivity index (χ1) is 15.0. The molecular weight excluding hydrogens is 406 g/mol. The largest absolute Gasteiger partial charge is 0.345 e. The summed E-state index contributed by atoms with van der Waals surface area (Å²) in [4.78, 5) is 15.5. The van der Waals surface area contributed by atoms with Crippen molar-refractivity contribution in [3.8, 4) is 0 Å². The van der Waals surface area contributed by atoms with Crippen molar-refractivity contribution in [1.82, 2.24) is 14.8 Å². The van der Waals surface area contributed by atoms with E-state index < -0.39 is 0 Å². The van der Waals surface area contributed by atoms with E-state index in [4.69, 9.17) is 11.6 Å². The Morgan fingerprint density at radius 2 is 1.84 bits per heavy atom. The van der Waals surface area contributed by atoms with E-state index in [1.54, 1.807) is 0 Å². The Morgan fingerprint density at radius 1 is 1.13 bits per heavy atom. The van der Waals surface area contributed by atoms with Gasteiger partial charge < -0.3 is 14.8 Å². The molecule has 4 aliphatic rings. The second-order valence-corrected chi connectivity index (χ2v) is 10.7. The molecule has 31 heavy (non-hydrogen) atoms. The van der Waals surface area contributed by atoms with E-state index in [1.807, 2.05) is 23.1 Å². The number of hydrogen-bond donors (Lipinski definition) is 1. The van der Waals surface area contributed by atoms with Gasteiger partial charge in [-0.2, -0.15) is 0 Å². The van der Waals surface area contributed by atoms with Crippen LogP contribution in [0.5, 0.6) is 0 Å². The molecule has 2 amide bonds. The minimum Gasteiger partial charge on any atom is -0.345 e. The number of halogens is 1. The molecule has 0 radical (unpaired) electrons. The lowest BCUT2D eigenvalue weighted by atomic mass is 9.53. The van der Waals surface area contributed by atoms with Gasteiger partial charge in [0.15, 0.2) is 0 Å². The number of carbonyl (C=O) groups excluding carboxylic acids is 1. The van der Waals surface area contributed by atoms with E-state index in [1.165, 1.54) is 44.1 Å². The molecule has 0 spiro atoms. The smallest absolute Gasteiger partial charge is 0.318 e. The van der Waals surface area contributed by atoms with E-state index in [-0.39, 0.29) is 11.6 Å². The zero-order valence-corrected chi connectivity index (χ0v) is 19.3. The van der Waals surface area contributed by atoms with Crippen molar-refractivity contribution < 1.29 is 4.79 Å². The fourth-order valence-electron chi connectivity index (χ4n) is 6.87. The number of carbonyl (C=O) groups is 1. The Kier molecular flexibility index (Phi) is 5.76. The Balaban J connectivity index is 1.28. The van der Waals surface area contributed by atoms with Crippen LogP contribution in [0, 0.1) is 17.8 Å². The Labute approximate surface area is 191 Å². The maximum atomic E-state index is 13.4. The predicted octanol–water partition coefficient (Wildman–Crippen LogP) is 6.08. The van der Waals surface area contributed by atoms with E-state index in [2.05, 4.69) is 41.2 Å². The van der Waals surface area contributed by atoms with Crippen molar-refractivity contribution in [2.75, 3.05) is 6.54 Å². The Bertz CT molecular complexity index is 901. The molecule has 4 saturated carbocycles. The van der Waals surface area contributed by atoms with Gasteiger partial charge in [0.1, 0.15) is 0 Å². The quantitative estimate of drug-likeness (QED) is 0.557. The molecule has 2 aromatic rings. The van der Waals surface area contributed by atoms with Crippen LogP contribution in [-0.4, -0.2) is 27.6 Å². The molecule has 166 valence electrons.